The van der Waals surface area contributed by atoms with Crippen molar-refractivity contribution >= 4 is 21.8 Å². The summed E-state index contributed by atoms with van der Waals surface area (Å²) in [5.74, 6) is -1.31. The van der Waals surface area contributed by atoms with Crippen molar-refractivity contribution in [3.8, 4) is 5.69 Å². The van der Waals surface area contributed by atoms with Crippen LogP contribution in [0, 0.1) is 5.82 Å². The smallest absolute Gasteiger partial charge is 0.276 e. The predicted molar refractivity (Wildman–Crippen MR) is 107 cm³/mol. The fourth-order valence-corrected chi connectivity index (χ4v) is 3.89. The van der Waals surface area contributed by atoms with E-state index in [4.69, 9.17) is 0 Å². The first-order valence-corrected chi connectivity index (χ1v) is 9.48. The van der Waals surface area contributed by atoms with Crippen LogP contribution in [0.15, 0.2) is 69.8 Å². The third-order valence-corrected chi connectivity index (χ3v) is 5.43. The van der Waals surface area contributed by atoms with Crippen LogP contribution >= 0.6 is 0 Å². The Kier molecular flexibility index (Phi) is 4.35. The molecule has 0 atom stereocenters. The molecule has 2 aromatic carbocycles. The van der Waals surface area contributed by atoms with Gasteiger partial charge in [-0.15, -0.1) is 0 Å². The summed E-state index contributed by atoms with van der Waals surface area (Å²) in [6, 6.07) is 10.9. The van der Waals surface area contributed by atoms with Crippen molar-refractivity contribution in [2.45, 2.75) is 12.1 Å². The van der Waals surface area contributed by atoms with Crippen LogP contribution in [-0.4, -0.2) is 22.6 Å². The normalized spacial score (nSPS) is 14.7. The number of halogens is 4. The molecule has 0 saturated carbocycles. The van der Waals surface area contributed by atoms with Gasteiger partial charge < -0.3 is 0 Å². The quantitative estimate of drug-likeness (QED) is 0.325. The van der Waals surface area contributed by atoms with Crippen molar-refractivity contribution in [3.63, 3.8) is 0 Å². The van der Waals surface area contributed by atoms with Crippen molar-refractivity contribution in [2.75, 3.05) is 13.1 Å². The second-order valence-electron chi connectivity index (χ2n) is 7.35. The highest BCUT2D eigenvalue weighted by atomic mass is 19.4. The van der Waals surface area contributed by atoms with E-state index in [1.54, 1.807) is 18.3 Å². The molecule has 0 aliphatic carbocycles. The Balaban J connectivity index is 1.83. The first-order valence-electron chi connectivity index (χ1n) is 9.48. The Morgan fingerprint density at radius 1 is 0.968 bits per heavy atom. The summed E-state index contributed by atoms with van der Waals surface area (Å²) in [6.45, 7) is 1.09. The Morgan fingerprint density at radius 2 is 1.74 bits per heavy atom. The molecule has 0 unspecified atom stereocenters. The minimum Gasteiger partial charge on any atom is -0.276 e. The lowest BCUT2D eigenvalue weighted by molar-refractivity contribution is -0.140. The van der Waals surface area contributed by atoms with E-state index in [0.29, 0.717) is 41.0 Å². The molecule has 3 heterocycles. The topological polar surface area (TPSA) is 59.6 Å². The lowest BCUT2D eigenvalue weighted by atomic mass is 9.97. The minimum atomic E-state index is -4.89. The molecule has 156 valence electrons. The van der Waals surface area contributed by atoms with Crippen LogP contribution in [0.4, 0.5) is 17.6 Å². The number of rotatable bonds is 2. The van der Waals surface area contributed by atoms with Crippen molar-refractivity contribution in [2.24, 2.45) is 10.2 Å². The zero-order valence-electron chi connectivity index (χ0n) is 15.9. The van der Waals surface area contributed by atoms with E-state index in [0.717, 1.165) is 17.7 Å². The van der Waals surface area contributed by atoms with E-state index >= 15 is 0 Å². The highest BCUT2D eigenvalue weighted by Gasteiger charge is 2.34. The summed E-state index contributed by atoms with van der Waals surface area (Å²) in [5.41, 5.74) is -0.0949. The van der Waals surface area contributed by atoms with Crippen molar-refractivity contribution in [1.82, 2.24) is 9.55 Å². The highest BCUT2D eigenvalue weighted by Crippen LogP contribution is 2.34. The second-order valence-corrected chi connectivity index (χ2v) is 7.35. The maximum absolute atomic E-state index is 13.8. The molecule has 2 aromatic heterocycles. The summed E-state index contributed by atoms with van der Waals surface area (Å²) in [7, 11) is 0. The molecule has 31 heavy (non-hydrogen) atoms. The summed E-state index contributed by atoms with van der Waals surface area (Å²) in [5, 5.41) is 9.21. The Morgan fingerprint density at radius 3 is 2.48 bits per heavy atom. The summed E-state index contributed by atoms with van der Waals surface area (Å²) in [4.78, 5) is 17.2. The molecule has 0 spiro atoms. The van der Waals surface area contributed by atoms with Gasteiger partial charge >= 0.3 is 6.18 Å². The van der Waals surface area contributed by atoms with Crippen LogP contribution in [0.2, 0.25) is 0 Å². The number of hydrogen-bond acceptors (Lipinski definition) is 4. The van der Waals surface area contributed by atoms with Crippen molar-refractivity contribution in [1.29, 1.82) is 0 Å². The van der Waals surface area contributed by atoms with Gasteiger partial charge in [-0.1, -0.05) is 6.07 Å². The van der Waals surface area contributed by atoms with E-state index < -0.39 is 23.1 Å². The van der Waals surface area contributed by atoms with Gasteiger partial charge in [0.25, 0.3) is 5.56 Å². The number of nitrogens with zero attached hydrogens (tertiary/aromatic N) is 4. The molecule has 0 fully saturated rings. The number of hydrogen-bond donors (Lipinski definition) is 0. The van der Waals surface area contributed by atoms with E-state index in [9.17, 15) is 22.4 Å². The Labute approximate surface area is 172 Å². The monoisotopic (exact) mass is 426 g/mol. The minimum absolute atomic E-state index is 0.0758. The molecule has 9 heteroatoms. The molecule has 1 aliphatic heterocycles. The molecule has 5 rings (SSSR count). The first-order chi connectivity index (χ1) is 14.8. The highest BCUT2D eigenvalue weighted by molar-refractivity contribution is 6.04. The van der Waals surface area contributed by atoms with E-state index in [1.807, 2.05) is 12.1 Å². The Bertz CT molecular complexity index is 1420. The number of benzene rings is 2. The van der Waals surface area contributed by atoms with Gasteiger partial charge in [0, 0.05) is 29.0 Å². The molecule has 0 radical (unpaired) electrons. The van der Waals surface area contributed by atoms with Gasteiger partial charge in [0.05, 0.1) is 35.4 Å². The molecule has 0 N–H and O–H groups in total. The summed E-state index contributed by atoms with van der Waals surface area (Å²) in [6.07, 6.45) is -3.33. The zero-order chi connectivity index (χ0) is 21.8. The van der Waals surface area contributed by atoms with Crippen LogP contribution in [0.1, 0.15) is 17.0 Å². The summed E-state index contributed by atoms with van der Waals surface area (Å²) >= 11 is 0. The van der Waals surface area contributed by atoms with Crippen LogP contribution in [0.25, 0.3) is 27.5 Å². The molecule has 0 saturated heterocycles. The van der Waals surface area contributed by atoms with Crippen molar-refractivity contribution < 1.29 is 17.6 Å². The van der Waals surface area contributed by atoms with Crippen LogP contribution in [0.3, 0.4) is 0 Å². The maximum atomic E-state index is 13.8. The van der Waals surface area contributed by atoms with Crippen molar-refractivity contribution in [3.05, 3.63) is 82.0 Å². The number of fused-ring (bicyclic) bond motifs is 3. The van der Waals surface area contributed by atoms with Gasteiger partial charge in [0.2, 0.25) is 0 Å². The van der Waals surface area contributed by atoms with Gasteiger partial charge in [-0.25, -0.2) is 4.39 Å². The van der Waals surface area contributed by atoms with Gasteiger partial charge in [-0.2, -0.15) is 23.4 Å². The van der Waals surface area contributed by atoms with Crippen LogP contribution < -0.4 is 5.56 Å². The lowest BCUT2D eigenvalue weighted by Crippen LogP contribution is -2.19. The zero-order valence-corrected chi connectivity index (χ0v) is 15.9. The molecule has 0 amide bonds. The van der Waals surface area contributed by atoms with Gasteiger partial charge in [-0.3, -0.25) is 14.3 Å². The second kappa shape index (κ2) is 6.97. The first kappa shape index (κ1) is 19.3. The largest absolute Gasteiger partial charge is 0.419 e. The van der Waals surface area contributed by atoms with E-state index in [-0.39, 0.29) is 11.6 Å². The van der Waals surface area contributed by atoms with E-state index in [1.165, 1.54) is 10.6 Å². The average Bonchev–Trinajstić information content (AvgIpc) is 3.28. The van der Waals surface area contributed by atoms with Crippen LogP contribution in [-0.2, 0) is 6.18 Å². The third kappa shape index (κ3) is 3.26. The van der Waals surface area contributed by atoms with Gasteiger partial charge in [-0.05, 0) is 42.0 Å². The van der Waals surface area contributed by atoms with Gasteiger partial charge in [0.1, 0.15) is 5.82 Å². The number of alkyl halides is 3. The van der Waals surface area contributed by atoms with Crippen LogP contribution in [0.5, 0.6) is 0 Å². The predicted octanol–water partition coefficient (Wildman–Crippen LogP) is 5.25. The number of azo groups is 1. The molecule has 0 bridgehead atoms. The Hall–Kier alpha value is -3.62. The lowest BCUT2D eigenvalue weighted by Gasteiger charge is -2.16. The fraction of sp³-hybridized carbons (Fsp3) is 0.182. The van der Waals surface area contributed by atoms with E-state index in [2.05, 4.69) is 15.2 Å². The molecular weight excluding hydrogens is 412 g/mol. The molecule has 4 aromatic rings. The molecule has 5 nitrogen and oxygen atoms in total. The maximum Gasteiger partial charge on any atom is 0.419 e. The number of aromatic nitrogens is 2. The SMILES string of the molecule is O=c1ccc2cnc3ccc(C4CN=NC4)cc3c2n1-c1ccc(F)c(C(F)(F)F)c1. The number of pyridine rings is 2. The van der Waals surface area contributed by atoms with Gasteiger partial charge in [0.15, 0.2) is 0 Å². The standard InChI is InChI=1S/C22H14F4N4O/c23-18-4-3-15(8-17(18)22(24,25)26)30-20(31)6-2-13-9-27-19-5-1-12(7-16(19)21(13)30)14-10-28-29-11-14/h1-9,14H,10-11H2. The molecule has 1 aliphatic rings. The molecular formula is C22H14F4N4O. The fourth-order valence-electron chi connectivity index (χ4n) is 3.89. The summed E-state index contributed by atoms with van der Waals surface area (Å²) < 4.78 is 54.9. The average molecular weight is 426 g/mol. The third-order valence-electron chi connectivity index (χ3n) is 5.43.